The third kappa shape index (κ3) is 1.94. The Bertz CT molecular complexity index is 507. The lowest BCUT2D eigenvalue weighted by molar-refractivity contribution is -0.136. The molecule has 0 bridgehead atoms. The molecular formula is C10H9ClN2O2. The standard InChI is InChI=1S/C10H9ClN2O2/c11-8-6-12-10-7(3-4-9(14)15)2-1-5-13(8)10/h1-2,5-6H,3-4H2,(H,14,15). The maximum Gasteiger partial charge on any atom is 0.303 e. The van der Waals surface area contributed by atoms with Crippen molar-refractivity contribution < 1.29 is 9.90 Å². The summed E-state index contributed by atoms with van der Waals surface area (Å²) in [6.45, 7) is 0. The number of carboxylic acid groups (broad SMARTS) is 1. The molecule has 2 heterocycles. The van der Waals surface area contributed by atoms with Crippen LogP contribution in [-0.4, -0.2) is 20.5 Å². The molecule has 0 fully saturated rings. The van der Waals surface area contributed by atoms with Gasteiger partial charge in [0.15, 0.2) is 0 Å². The predicted octanol–water partition coefficient (Wildman–Crippen LogP) is 2.00. The highest BCUT2D eigenvalue weighted by atomic mass is 35.5. The van der Waals surface area contributed by atoms with Crippen LogP contribution in [0.3, 0.4) is 0 Å². The second-order valence-electron chi connectivity index (χ2n) is 3.20. The zero-order chi connectivity index (χ0) is 10.8. The minimum absolute atomic E-state index is 0.101. The smallest absolute Gasteiger partial charge is 0.303 e. The Morgan fingerprint density at radius 1 is 1.60 bits per heavy atom. The van der Waals surface area contributed by atoms with E-state index < -0.39 is 5.97 Å². The van der Waals surface area contributed by atoms with Crippen LogP contribution in [0.4, 0.5) is 0 Å². The molecule has 0 radical (unpaired) electrons. The van der Waals surface area contributed by atoms with Crippen molar-refractivity contribution in [1.29, 1.82) is 0 Å². The molecule has 2 rings (SSSR count). The summed E-state index contributed by atoms with van der Waals surface area (Å²) in [6, 6.07) is 3.69. The van der Waals surface area contributed by atoms with Crippen molar-refractivity contribution in [3.8, 4) is 0 Å². The zero-order valence-electron chi connectivity index (χ0n) is 7.85. The maximum absolute atomic E-state index is 10.5. The summed E-state index contributed by atoms with van der Waals surface area (Å²) in [7, 11) is 0. The van der Waals surface area contributed by atoms with Gasteiger partial charge in [-0.3, -0.25) is 9.20 Å². The third-order valence-electron chi connectivity index (χ3n) is 2.18. The van der Waals surface area contributed by atoms with Crippen LogP contribution in [0, 0.1) is 0 Å². The van der Waals surface area contributed by atoms with E-state index >= 15 is 0 Å². The lowest BCUT2D eigenvalue weighted by Gasteiger charge is -2.01. The molecule has 0 aliphatic heterocycles. The second kappa shape index (κ2) is 3.90. The average Bonchev–Trinajstić information content (AvgIpc) is 2.58. The van der Waals surface area contributed by atoms with E-state index in [0.717, 1.165) is 11.2 Å². The van der Waals surface area contributed by atoms with Gasteiger partial charge in [0, 0.05) is 12.6 Å². The first-order valence-corrected chi connectivity index (χ1v) is 4.88. The van der Waals surface area contributed by atoms with Gasteiger partial charge in [0.25, 0.3) is 0 Å². The molecule has 5 heteroatoms. The van der Waals surface area contributed by atoms with Gasteiger partial charge in [-0.2, -0.15) is 0 Å². The molecule has 2 aromatic heterocycles. The molecule has 0 atom stereocenters. The van der Waals surface area contributed by atoms with E-state index in [0.29, 0.717) is 11.6 Å². The molecule has 2 aromatic rings. The molecular weight excluding hydrogens is 216 g/mol. The Labute approximate surface area is 91.1 Å². The van der Waals surface area contributed by atoms with Crippen LogP contribution in [0.15, 0.2) is 24.5 Å². The molecule has 78 valence electrons. The number of aromatic nitrogens is 2. The number of fused-ring (bicyclic) bond motifs is 1. The van der Waals surface area contributed by atoms with E-state index in [1.54, 1.807) is 16.8 Å². The minimum Gasteiger partial charge on any atom is -0.481 e. The van der Waals surface area contributed by atoms with Gasteiger partial charge in [-0.05, 0) is 18.1 Å². The monoisotopic (exact) mass is 224 g/mol. The highest BCUT2D eigenvalue weighted by molar-refractivity contribution is 6.29. The van der Waals surface area contributed by atoms with Gasteiger partial charge in [0.1, 0.15) is 10.8 Å². The Morgan fingerprint density at radius 2 is 2.40 bits per heavy atom. The van der Waals surface area contributed by atoms with Gasteiger partial charge in [0.05, 0.1) is 6.20 Å². The van der Waals surface area contributed by atoms with E-state index in [9.17, 15) is 4.79 Å². The topological polar surface area (TPSA) is 54.6 Å². The number of hydrogen-bond donors (Lipinski definition) is 1. The molecule has 0 saturated carbocycles. The molecule has 0 aliphatic rings. The molecule has 15 heavy (non-hydrogen) atoms. The number of pyridine rings is 1. The van der Waals surface area contributed by atoms with Crippen LogP contribution in [0.2, 0.25) is 5.15 Å². The van der Waals surface area contributed by atoms with Gasteiger partial charge < -0.3 is 5.11 Å². The van der Waals surface area contributed by atoms with Crippen molar-refractivity contribution in [3.05, 3.63) is 35.2 Å². The number of aryl methyl sites for hydroxylation is 1. The van der Waals surface area contributed by atoms with E-state index in [1.165, 1.54) is 0 Å². The van der Waals surface area contributed by atoms with Crippen molar-refractivity contribution in [1.82, 2.24) is 9.38 Å². The van der Waals surface area contributed by atoms with Crippen molar-refractivity contribution in [2.24, 2.45) is 0 Å². The quantitative estimate of drug-likeness (QED) is 0.868. The number of carboxylic acids is 1. The summed E-state index contributed by atoms with van der Waals surface area (Å²) in [6.07, 6.45) is 3.92. The molecule has 0 saturated heterocycles. The average molecular weight is 225 g/mol. The zero-order valence-corrected chi connectivity index (χ0v) is 8.61. The van der Waals surface area contributed by atoms with Crippen molar-refractivity contribution in [2.75, 3.05) is 0 Å². The lowest BCUT2D eigenvalue weighted by Crippen LogP contribution is -1.99. The van der Waals surface area contributed by atoms with Crippen LogP contribution in [-0.2, 0) is 11.2 Å². The molecule has 0 unspecified atom stereocenters. The van der Waals surface area contributed by atoms with Crippen LogP contribution >= 0.6 is 11.6 Å². The van der Waals surface area contributed by atoms with Gasteiger partial charge >= 0.3 is 5.97 Å². The molecule has 4 nitrogen and oxygen atoms in total. The predicted molar refractivity (Wildman–Crippen MR) is 56.2 cm³/mol. The number of halogens is 1. The second-order valence-corrected chi connectivity index (χ2v) is 3.59. The Kier molecular flexibility index (Phi) is 2.60. The maximum atomic E-state index is 10.5. The Hall–Kier alpha value is -1.55. The van der Waals surface area contributed by atoms with Crippen LogP contribution in [0.5, 0.6) is 0 Å². The molecule has 0 spiro atoms. The highest BCUT2D eigenvalue weighted by Gasteiger charge is 2.07. The summed E-state index contributed by atoms with van der Waals surface area (Å²) in [5.74, 6) is -0.811. The van der Waals surface area contributed by atoms with Crippen LogP contribution < -0.4 is 0 Å². The molecule has 0 aliphatic carbocycles. The van der Waals surface area contributed by atoms with Crippen molar-refractivity contribution >= 4 is 23.2 Å². The number of carbonyl (C=O) groups is 1. The fourth-order valence-corrected chi connectivity index (χ4v) is 1.66. The van der Waals surface area contributed by atoms with E-state index in [2.05, 4.69) is 4.98 Å². The molecule has 1 N–H and O–H groups in total. The van der Waals surface area contributed by atoms with Crippen LogP contribution in [0.25, 0.3) is 5.65 Å². The van der Waals surface area contributed by atoms with E-state index in [1.807, 2.05) is 12.1 Å². The van der Waals surface area contributed by atoms with Crippen molar-refractivity contribution in [2.45, 2.75) is 12.8 Å². The third-order valence-corrected chi connectivity index (χ3v) is 2.46. The summed E-state index contributed by atoms with van der Waals surface area (Å²) in [5, 5.41) is 9.13. The summed E-state index contributed by atoms with van der Waals surface area (Å²) in [5.41, 5.74) is 1.62. The summed E-state index contributed by atoms with van der Waals surface area (Å²) in [4.78, 5) is 14.6. The Morgan fingerprint density at radius 3 is 3.13 bits per heavy atom. The van der Waals surface area contributed by atoms with Crippen LogP contribution in [0.1, 0.15) is 12.0 Å². The van der Waals surface area contributed by atoms with Gasteiger partial charge in [-0.1, -0.05) is 17.7 Å². The van der Waals surface area contributed by atoms with Gasteiger partial charge in [-0.25, -0.2) is 4.98 Å². The van der Waals surface area contributed by atoms with E-state index in [-0.39, 0.29) is 6.42 Å². The first kappa shape index (κ1) is 9.98. The molecule has 0 aromatic carbocycles. The summed E-state index contributed by atoms with van der Waals surface area (Å²) < 4.78 is 1.73. The highest BCUT2D eigenvalue weighted by Crippen LogP contribution is 2.16. The van der Waals surface area contributed by atoms with Gasteiger partial charge in [0.2, 0.25) is 0 Å². The number of rotatable bonds is 3. The van der Waals surface area contributed by atoms with E-state index in [4.69, 9.17) is 16.7 Å². The molecule has 0 amide bonds. The largest absolute Gasteiger partial charge is 0.481 e. The van der Waals surface area contributed by atoms with Gasteiger partial charge in [-0.15, -0.1) is 0 Å². The first-order valence-electron chi connectivity index (χ1n) is 4.51. The lowest BCUT2D eigenvalue weighted by atomic mass is 10.1. The first-order chi connectivity index (χ1) is 7.18. The fraction of sp³-hybridized carbons (Fsp3) is 0.200. The number of hydrogen-bond acceptors (Lipinski definition) is 2. The number of nitrogens with zero attached hydrogens (tertiary/aromatic N) is 2. The number of imidazole rings is 1. The van der Waals surface area contributed by atoms with Crippen molar-refractivity contribution in [3.63, 3.8) is 0 Å². The number of aliphatic carboxylic acids is 1. The SMILES string of the molecule is O=C(O)CCc1cccn2c(Cl)cnc12. The summed E-state index contributed by atoms with van der Waals surface area (Å²) >= 11 is 5.89. The minimum atomic E-state index is -0.811. The Balaban J connectivity index is 2.38. The fourth-order valence-electron chi connectivity index (χ4n) is 1.48. The normalized spacial score (nSPS) is 10.7.